The van der Waals surface area contributed by atoms with Crippen LogP contribution in [0.1, 0.15) is 19.7 Å². The largest absolute Gasteiger partial charge is 0.377 e. The molecule has 0 N–H and O–H groups in total. The van der Waals surface area contributed by atoms with Crippen molar-refractivity contribution in [1.82, 2.24) is 9.55 Å². The summed E-state index contributed by atoms with van der Waals surface area (Å²) in [6.45, 7) is 5.17. The molecule has 0 aliphatic rings. The minimum absolute atomic E-state index is 0.0980. The van der Waals surface area contributed by atoms with Crippen LogP contribution in [0.15, 0.2) is 12.1 Å². The van der Waals surface area contributed by atoms with E-state index in [0.717, 1.165) is 11.3 Å². The predicted octanol–water partition coefficient (Wildman–Crippen LogP) is 4.04. The van der Waals surface area contributed by atoms with E-state index in [4.69, 9.17) is 27.9 Å². The lowest BCUT2D eigenvalue weighted by Crippen LogP contribution is -2.13. The van der Waals surface area contributed by atoms with Gasteiger partial charge in [0, 0.05) is 24.9 Å². The van der Waals surface area contributed by atoms with Crippen molar-refractivity contribution in [2.24, 2.45) is 0 Å². The highest BCUT2D eigenvalue weighted by Crippen LogP contribution is 2.24. The van der Waals surface area contributed by atoms with E-state index in [9.17, 15) is 4.39 Å². The first-order chi connectivity index (χ1) is 9.52. The van der Waals surface area contributed by atoms with Gasteiger partial charge in [0.2, 0.25) is 0 Å². The van der Waals surface area contributed by atoms with Gasteiger partial charge in [-0.1, -0.05) is 11.6 Å². The van der Waals surface area contributed by atoms with Crippen molar-refractivity contribution in [1.29, 1.82) is 0 Å². The van der Waals surface area contributed by atoms with E-state index in [2.05, 4.69) is 4.98 Å². The summed E-state index contributed by atoms with van der Waals surface area (Å²) in [5.74, 6) is 0.827. The van der Waals surface area contributed by atoms with E-state index < -0.39 is 5.82 Å². The summed E-state index contributed by atoms with van der Waals surface area (Å²) in [6, 6.07) is 2.96. The summed E-state index contributed by atoms with van der Waals surface area (Å²) in [6.07, 6.45) is 0.791. The van der Waals surface area contributed by atoms with Crippen LogP contribution < -0.4 is 0 Å². The van der Waals surface area contributed by atoms with E-state index >= 15 is 0 Å². The number of fused-ring (bicyclic) bond motifs is 1. The van der Waals surface area contributed by atoms with Gasteiger partial charge in [0.1, 0.15) is 11.6 Å². The van der Waals surface area contributed by atoms with Gasteiger partial charge in [0.05, 0.1) is 28.8 Å². The SMILES string of the molecule is CC(C)OCCn1c(CCCl)nc2cc(F)c(Cl)cc21. The molecule has 0 atom stereocenters. The molecule has 1 aromatic carbocycles. The number of imidazole rings is 1. The summed E-state index contributed by atoms with van der Waals surface area (Å²) in [5, 5.41) is 0.0980. The molecule has 20 heavy (non-hydrogen) atoms. The molecule has 1 heterocycles. The van der Waals surface area contributed by atoms with Gasteiger partial charge < -0.3 is 9.30 Å². The lowest BCUT2D eigenvalue weighted by atomic mass is 10.3. The van der Waals surface area contributed by atoms with E-state index in [1.807, 2.05) is 18.4 Å². The van der Waals surface area contributed by atoms with Crippen LogP contribution in [0.3, 0.4) is 0 Å². The van der Waals surface area contributed by atoms with Crippen LogP contribution in [0.25, 0.3) is 11.0 Å². The average Bonchev–Trinajstić information content (AvgIpc) is 2.68. The van der Waals surface area contributed by atoms with Gasteiger partial charge in [0.15, 0.2) is 0 Å². The molecule has 0 unspecified atom stereocenters. The highest BCUT2D eigenvalue weighted by Gasteiger charge is 2.13. The lowest BCUT2D eigenvalue weighted by molar-refractivity contribution is 0.0729. The molecule has 0 aliphatic carbocycles. The van der Waals surface area contributed by atoms with Crippen molar-refractivity contribution in [3.8, 4) is 0 Å². The smallest absolute Gasteiger partial charge is 0.144 e. The standard InChI is InChI=1S/C14H17Cl2FN2O/c1-9(2)20-6-5-19-13-7-10(16)11(17)8-12(13)18-14(19)3-4-15/h7-9H,3-6H2,1-2H3. The van der Waals surface area contributed by atoms with Crippen LogP contribution in [-0.2, 0) is 17.7 Å². The van der Waals surface area contributed by atoms with Crippen LogP contribution in [0.4, 0.5) is 4.39 Å². The molecule has 0 spiro atoms. The van der Waals surface area contributed by atoms with Crippen LogP contribution in [0, 0.1) is 5.82 Å². The molecule has 0 radical (unpaired) electrons. The third-order valence-electron chi connectivity index (χ3n) is 2.95. The summed E-state index contributed by atoms with van der Waals surface area (Å²) >= 11 is 11.7. The summed E-state index contributed by atoms with van der Waals surface area (Å²) < 4.78 is 21.1. The fourth-order valence-corrected chi connectivity index (χ4v) is 2.40. The second kappa shape index (κ2) is 6.74. The average molecular weight is 319 g/mol. The monoisotopic (exact) mass is 318 g/mol. The molecule has 0 saturated heterocycles. The third kappa shape index (κ3) is 3.43. The van der Waals surface area contributed by atoms with Gasteiger partial charge >= 0.3 is 0 Å². The molecular weight excluding hydrogens is 302 g/mol. The molecule has 0 amide bonds. The molecule has 0 saturated carbocycles. The fourth-order valence-electron chi connectivity index (χ4n) is 2.07. The molecule has 3 nitrogen and oxygen atoms in total. The van der Waals surface area contributed by atoms with Crippen LogP contribution in [0.2, 0.25) is 5.02 Å². The molecular formula is C14H17Cl2FN2O. The fraction of sp³-hybridized carbons (Fsp3) is 0.500. The van der Waals surface area contributed by atoms with Crippen LogP contribution in [-0.4, -0.2) is 28.1 Å². The molecule has 6 heteroatoms. The number of halogens is 3. The second-order valence-electron chi connectivity index (χ2n) is 4.79. The Morgan fingerprint density at radius 3 is 2.80 bits per heavy atom. The first kappa shape index (κ1) is 15.5. The number of hydrogen-bond acceptors (Lipinski definition) is 2. The number of nitrogens with zero attached hydrogens (tertiary/aromatic N) is 2. The molecule has 0 bridgehead atoms. The van der Waals surface area contributed by atoms with Crippen molar-refractivity contribution >= 4 is 34.2 Å². The van der Waals surface area contributed by atoms with E-state index in [1.165, 1.54) is 6.07 Å². The first-order valence-electron chi connectivity index (χ1n) is 6.54. The van der Waals surface area contributed by atoms with Gasteiger partial charge in [-0.05, 0) is 19.9 Å². The van der Waals surface area contributed by atoms with Gasteiger partial charge in [-0.25, -0.2) is 9.37 Å². The number of aryl methyl sites for hydroxylation is 1. The number of aromatic nitrogens is 2. The topological polar surface area (TPSA) is 27.1 Å². The minimum atomic E-state index is -0.459. The van der Waals surface area contributed by atoms with Gasteiger partial charge in [0.25, 0.3) is 0 Å². The van der Waals surface area contributed by atoms with Crippen LogP contribution in [0.5, 0.6) is 0 Å². The third-order valence-corrected chi connectivity index (χ3v) is 3.43. The quantitative estimate of drug-likeness (QED) is 0.752. The maximum Gasteiger partial charge on any atom is 0.144 e. The zero-order chi connectivity index (χ0) is 14.7. The highest BCUT2D eigenvalue weighted by molar-refractivity contribution is 6.31. The van der Waals surface area contributed by atoms with E-state index in [1.54, 1.807) is 6.07 Å². The number of hydrogen-bond donors (Lipinski definition) is 0. The van der Waals surface area contributed by atoms with Gasteiger partial charge in [-0.3, -0.25) is 0 Å². The van der Waals surface area contributed by atoms with Gasteiger partial charge in [-0.15, -0.1) is 11.6 Å². The Kier molecular flexibility index (Phi) is 5.24. The lowest BCUT2D eigenvalue weighted by Gasteiger charge is -2.11. The minimum Gasteiger partial charge on any atom is -0.377 e. The van der Waals surface area contributed by atoms with Crippen molar-refractivity contribution in [2.45, 2.75) is 32.9 Å². The van der Waals surface area contributed by atoms with E-state index in [0.29, 0.717) is 31.0 Å². The molecule has 0 aliphatic heterocycles. The van der Waals surface area contributed by atoms with Crippen molar-refractivity contribution in [3.63, 3.8) is 0 Å². The zero-order valence-corrected chi connectivity index (χ0v) is 13.0. The normalized spacial score (nSPS) is 11.7. The Hall–Kier alpha value is -0.840. The predicted molar refractivity (Wildman–Crippen MR) is 80.2 cm³/mol. The van der Waals surface area contributed by atoms with E-state index in [-0.39, 0.29) is 11.1 Å². The Labute approximate surface area is 127 Å². The number of ether oxygens (including phenoxy) is 1. The maximum atomic E-state index is 13.5. The summed E-state index contributed by atoms with van der Waals surface area (Å²) in [7, 11) is 0. The Bertz CT molecular complexity index is 598. The number of alkyl halides is 1. The molecule has 2 rings (SSSR count). The maximum absolute atomic E-state index is 13.5. The zero-order valence-electron chi connectivity index (χ0n) is 11.5. The Morgan fingerprint density at radius 2 is 2.15 bits per heavy atom. The highest BCUT2D eigenvalue weighted by atomic mass is 35.5. The van der Waals surface area contributed by atoms with Gasteiger partial charge in [-0.2, -0.15) is 0 Å². The Balaban J connectivity index is 2.37. The molecule has 1 aromatic heterocycles. The first-order valence-corrected chi connectivity index (χ1v) is 7.46. The molecule has 110 valence electrons. The Morgan fingerprint density at radius 1 is 1.40 bits per heavy atom. The van der Waals surface area contributed by atoms with Crippen molar-refractivity contribution < 1.29 is 9.13 Å². The molecule has 0 fully saturated rings. The molecule has 2 aromatic rings. The number of rotatable bonds is 6. The van der Waals surface area contributed by atoms with Crippen molar-refractivity contribution in [3.05, 3.63) is 28.8 Å². The van der Waals surface area contributed by atoms with Crippen molar-refractivity contribution in [2.75, 3.05) is 12.5 Å². The second-order valence-corrected chi connectivity index (χ2v) is 5.58. The summed E-state index contributed by atoms with van der Waals surface area (Å²) in [5.41, 5.74) is 1.40. The summed E-state index contributed by atoms with van der Waals surface area (Å²) in [4.78, 5) is 4.43. The van der Waals surface area contributed by atoms with Crippen LogP contribution >= 0.6 is 23.2 Å². The number of benzene rings is 1.